The van der Waals surface area contributed by atoms with Crippen LogP contribution in [-0.2, 0) is 0 Å². The lowest BCUT2D eigenvalue weighted by molar-refractivity contribution is 0.0867. The highest BCUT2D eigenvalue weighted by Crippen LogP contribution is 2.19. The number of aliphatic hydroxyl groups excluding tert-OH is 1. The van der Waals surface area contributed by atoms with Crippen molar-refractivity contribution < 1.29 is 14.6 Å². The fourth-order valence-corrected chi connectivity index (χ4v) is 2.73. The maximum absolute atomic E-state index is 12.2. The zero-order valence-electron chi connectivity index (χ0n) is 13.4. The molecular weight excluding hydrogens is 278 g/mol. The minimum atomic E-state index is -0.197. The molecule has 1 amide bonds. The zero-order valence-corrected chi connectivity index (χ0v) is 13.4. The molecule has 2 N–H and O–H groups in total. The van der Waals surface area contributed by atoms with E-state index in [0.717, 1.165) is 44.5 Å². The normalized spacial score (nSPS) is 21.4. The topological polar surface area (TPSA) is 58.6 Å². The third kappa shape index (κ3) is 5.34. The predicted molar refractivity (Wildman–Crippen MR) is 87.2 cm³/mol. The van der Waals surface area contributed by atoms with E-state index in [1.807, 2.05) is 24.3 Å². The van der Waals surface area contributed by atoms with E-state index >= 15 is 0 Å². The first kappa shape index (κ1) is 16.8. The summed E-state index contributed by atoms with van der Waals surface area (Å²) in [5.41, 5.74) is 0.659. The molecule has 0 heterocycles. The summed E-state index contributed by atoms with van der Waals surface area (Å²) in [5, 5.41) is 12.5. The summed E-state index contributed by atoms with van der Waals surface area (Å²) in [6.07, 6.45) is 6.48. The van der Waals surface area contributed by atoms with Gasteiger partial charge in [-0.05, 0) is 56.4 Å². The molecule has 4 nitrogen and oxygen atoms in total. The SMILES string of the molecule is CCCCCOc1ccc(C(=O)NC2CCC(O)CC2)cc1. The summed E-state index contributed by atoms with van der Waals surface area (Å²) in [5.74, 6) is 0.771. The first-order valence-electron chi connectivity index (χ1n) is 8.41. The van der Waals surface area contributed by atoms with Crippen molar-refractivity contribution in [3.05, 3.63) is 29.8 Å². The Labute approximate surface area is 132 Å². The van der Waals surface area contributed by atoms with Gasteiger partial charge in [0.2, 0.25) is 0 Å². The number of hydrogen-bond acceptors (Lipinski definition) is 3. The number of benzene rings is 1. The molecule has 2 rings (SSSR count). The number of nitrogens with one attached hydrogen (secondary N) is 1. The fourth-order valence-electron chi connectivity index (χ4n) is 2.73. The third-order valence-electron chi connectivity index (χ3n) is 4.17. The number of ether oxygens (including phenoxy) is 1. The number of hydrogen-bond donors (Lipinski definition) is 2. The fraction of sp³-hybridized carbons (Fsp3) is 0.611. The lowest BCUT2D eigenvalue weighted by atomic mass is 9.93. The zero-order chi connectivity index (χ0) is 15.8. The number of aliphatic hydroxyl groups is 1. The molecular formula is C18H27NO3. The van der Waals surface area contributed by atoms with Gasteiger partial charge in [-0.3, -0.25) is 4.79 Å². The number of carbonyl (C=O) groups excluding carboxylic acids is 1. The second-order valence-corrected chi connectivity index (χ2v) is 6.06. The molecule has 0 saturated heterocycles. The van der Waals surface area contributed by atoms with E-state index in [0.29, 0.717) is 5.56 Å². The highest BCUT2D eigenvalue weighted by Gasteiger charge is 2.21. The number of unbranched alkanes of at least 4 members (excludes halogenated alkanes) is 2. The number of amides is 1. The largest absolute Gasteiger partial charge is 0.494 e. The predicted octanol–water partition coefficient (Wildman–Crippen LogP) is 3.29. The highest BCUT2D eigenvalue weighted by molar-refractivity contribution is 5.94. The molecule has 0 atom stereocenters. The van der Waals surface area contributed by atoms with Crippen molar-refractivity contribution in [3.8, 4) is 5.75 Å². The molecule has 1 fully saturated rings. The van der Waals surface area contributed by atoms with E-state index in [1.54, 1.807) is 0 Å². The molecule has 0 aromatic heterocycles. The summed E-state index contributed by atoms with van der Waals surface area (Å²) in [4.78, 5) is 12.2. The quantitative estimate of drug-likeness (QED) is 0.760. The van der Waals surface area contributed by atoms with Crippen molar-refractivity contribution in [1.29, 1.82) is 0 Å². The average molecular weight is 305 g/mol. The summed E-state index contributed by atoms with van der Waals surface area (Å²) in [6, 6.07) is 7.50. The first-order valence-corrected chi connectivity index (χ1v) is 8.41. The Morgan fingerprint density at radius 2 is 1.86 bits per heavy atom. The second kappa shape index (κ2) is 8.79. The minimum Gasteiger partial charge on any atom is -0.494 e. The number of rotatable bonds is 7. The van der Waals surface area contributed by atoms with Crippen LogP contribution in [0.3, 0.4) is 0 Å². The van der Waals surface area contributed by atoms with Crippen LogP contribution < -0.4 is 10.1 Å². The molecule has 122 valence electrons. The van der Waals surface area contributed by atoms with Gasteiger partial charge in [-0.1, -0.05) is 19.8 Å². The van der Waals surface area contributed by atoms with E-state index in [1.165, 1.54) is 12.8 Å². The standard InChI is InChI=1S/C18H27NO3/c1-2-3-4-13-22-17-11-5-14(6-12-17)18(21)19-15-7-9-16(20)10-8-15/h5-6,11-12,15-16,20H,2-4,7-10,13H2,1H3,(H,19,21). The van der Waals surface area contributed by atoms with Gasteiger partial charge in [-0.2, -0.15) is 0 Å². The van der Waals surface area contributed by atoms with Crippen LogP contribution >= 0.6 is 0 Å². The minimum absolute atomic E-state index is 0.0427. The van der Waals surface area contributed by atoms with Gasteiger partial charge in [0.15, 0.2) is 0 Å². The summed E-state index contributed by atoms with van der Waals surface area (Å²) in [7, 11) is 0. The van der Waals surface area contributed by atoms with Gasteiger partial charge in [0, 0.05) is 11.6 Å². The van der Waals surface area contributed by atoms with Crippen molar-refractivity contribution in [1.82, 2.24) is 5.32 Å². The molecule has 0 spiro atoms. The van der Waals surface area contributed by atoms with E-state index in [9.17, 15) is 9.90 Å². The van der Waals surface area contributed by atoms with Crippen LogP contribution in [0.2, 0.25) is 0 Å². The Kier molecular flexibility index (Phi) is 6.72. The van der Waals surface area contributed by atoms with Gasteiger partial charge in [0.25, 0.3) is 5.91 Å². The van der Waals surface area contributed by atoms with Crippen LogP contribution in [0.4, 0.5) is 0 Å². The lowest BCUT2D eigenvalue weighted by Crippen LogP contribution is -2.38. The third-order valence-corrected chi connectivity index (χ3v) is 4.17. The molecule has 1 aliphatic rings. The van der Waals surface area contributed by atoms with Gasteiger partial charge in [0.1, 0.15) is 5.75 Å². The number of carbonyl (C=O) groups is 1. The van der Waals surface area contributed by atoms with Crippen molar-refractivity contribution in [2.24, 2.45) is 0 Å². The molecule has 0 bridgehead atoms. The molecule has 0 aliphatic heterocycles. The van der Waals surface area contributed by atoms with Crippen LogP contribution in [0.1, 0.15) is 62.2 Å². The lowest BCUT2D eigenvalue weighted by Gasteiger charge is -2.26. The molecule has 0 radical (unpaired) electrons. The molecule has 1 aliphatic carbocycles. The molecule has 4 heteroatoms. The molecule has 0 unspecified atom stereocenters. The maximum atomic E-state index is 12.2. The molecule has 1 aromatic carbocycles. The summed E-state index contributed by atoms with van der Waals surface area (Å²) in [6.45, 7) is 2.89. The van der Waals surface area contributed by atoms with Crippen molar-refractivity contribution >= 4 is 5.91 Å². The monoisotopic (exact) mass is 305 g/mol. The summed E-state index contributed by atoms with van der Waals surface area (Å²) < 4.78 is 5.65. The smallest absolute Gasteiger partial charge is 0.251 e. The summed E-state index contributed by atoms with van der Waals surface area (Å²) >= 11 is 0. The van der Waals surface area contributed by atoms with E-state index in [4.69, 9.17) is 4.74 Å². The molecule has 1 aromatic rings. The Hall–Kier alpha value is -1.55. The van der Waals surface area contributed by atoms with E-state index < -0.39 is 0 Å². The van der Waals surface area contributed by atoms with Crippen LogP contribution in [0.25, 0.3) is 0 Å². The van der Waals surface area contributed by atoms with Crippen LogP contribution in [0, 0.1) is 0 Å². The van der Waals surface area contributed by atoms with Gasteiger partial charge < -0.3 is 15.2 Å². The molecule has 22 heavy (non-hydrogen) atoms. The Bertz CT molecular complexity index is 450. The second-order valence-electron chi connectivity index (χ2n) is 6.06. The Morgan fingerprint density at radius 1 is 1.18 bits per heavy atom. The first-order chi connectivity index (χ1) is 10.7. The van der Waals surface area contributed by atoms with Crippen molar-refractivity contribution in [2.75, 3.05) is 6.61 Å². The van der Waals surface area contributed by atoms with Gasteiger partial charge >= 0.3 is 0 Å². The van der Waals surface area contributed by atoms with Crippen molar-refractivity contribution in [3.63, 3.8) is 0 Å². The van der Waals surface area contributed by atoms with E-state index in [2.05, 4.69) is 12.2 Å². The van der Waals surface area contributed by atoms with Crippen LogP contribution in [-0.4, -0.2) is 29.8 Å². The highest BCUT2D eigenvalue weighted by atomic mass is 16.5. The maximum Gasteiger partial charge on any atom is 0.251 e. The Morgan fingerprint density at radius 3 is 2.50 bits per heavy atom. The van der Waals surface area contributed by atoms with Gasteiger partial charge in [-0.25, -0.2) is 0 Å². The van der Waals surface area contributed by atoms with E-state index in [-0.39, 0.29) is 18.1 Å². The van der Waals surface area contributed by atoms with Crippen LogP contribution in [0.5, 0.6) is 5.75 Å². The Balaban J connectivity index is 1.78. The van der Waals surface area contributed by atoms with Gasteiger partial charge in [0.05, 0.1) is 12.7 Å². The van der Waals surface area contributed by atoms with Gasteiger partial charge in [-0.15, -0.1) is 0 Å². The average Bonchev–Trinajstić information content (AvgIpc) is 2.54. The van der Waals surface area contributed by atoms with Crippen molar-refractivity contribution in [2.45, 2.75) is 64.0 Å². The molecule has 1 saturated carbocycles. The van der Waals surface area contributed by atoms with Crippen LogP contribution in [0.15, 0.2) is 24.3 Å².